The summed E-state index contributed by atoms with van der Waals surface area (Å²) >= 11 is 2.11. The monoisotopic (exact) mass is 229 g/mol. The summed E-state index contributed by atoms with van der Waals surface area (Å²) in [7, 11) is 0. The fraction of sp³-hybridized carbons (Fsp3) is 1.00. The highest BCUT2D eigenvalue weighted by Crippen LogP contribution is 2.35. The predicted octanol–water partition coefficient (Wildman–Crippen LogP) is 2.56. The van der Waals surface area contributed by atoms with E-state index in [2.05, 4.69) is 18.7 Å². The predicted molar refractivity (Wildman–Crippen MR) is 66.3 cm³/mol. The van der Waals surface area contributed by atoms with Crippen molar-refractivity contribution >= 4 is 11.8 Å². The van der Waals surface area contributed by atoms with Gasteiger partial charge in [-0.15, -0.1) is 0 Å². The van der Waals surface area contributed by atoms with E-state index in [0.29, 0.717) is 22.6 Å². The molecule has 0 aromatic heterocycles. The number of rotatable bonds is 2. The van der Waals surface area contributed by atoms with Crippen molar-refractivity contribution in [2.24, 2.45) is 5.73 Å². The Morgan fingerprint density at radius 3 is 2.60 bits per heavy atom. The van der Waals surface area contributed by atoms with E-state index in [1.54, 1.807) is 0 Å². The van der Waals surface area contributed by atoms with Crippen molar-refractivity contribution in [1.29, 1.82) is 0 Å². The molecule has 1 heterocycles. The lowest BCUT2D eigenvalue weighted by molar-refractivity contribution is 0.127. The van der Waals surface area contributed by atoms with Gasteiger partial charge in [0, 0.05) is 23.1 Å². The summed E-state index contributed by atoms with van der Waals surface area (Å²) < 4.78 is 5.61. The lowest BCUT2D eigenvalue weighted by Gasteiger charge is -2.25. The molecular formula is C12H23NOS. The Kier molecular flexibility index (Phi) is 4.35. The first-order valence-corrected chi connectivity index (χ1v) is 7.24. The third kappa shape index (κ3) is 3.11. The van der Waals surface area contributed by atoms with Crippen molar-refractivity contribution in [2.75, 3.05) is 6.61 Å². The van der Waals surface area contributed by atoms with Gasteiger partial charge in [-0.05, 0) is 26.2 Å². The molecule has 4 atom stereocenters. The topological polar surface area (TPSA) is 35.2 Å². The normalized spacial score (nSPS) is 42.8. The summed E-state index contributed by atoms with van der Waals surface area (Å²) in [6.45, 7) is 3.15. The Morgan fingerprint density at radius 1 is 1.07 bits per heavy atom. The van der Waals surface area contributed by atoms with E-state index < -0.39 is 0 Å². The number of nitrogens with two attached hydrogens (primary N) is 1. The molecule has 0 amide bonds. The van der Waals surface area contributed by atoms with E-state index in [1.807, 2.05) is 0 Å². The molecule has 3 heteroatoms. The third-order valence-electron chi connectivity index (χ3n) is 3.66. The molecule has 1 aliphatic carbocycles. The maximum absolute atomic E-state index is 6.24. The van der Waals surface area contributed by atoms with Crippen molar-refractivity contribution in [3.63, 3.8) is 0 Å². The van der Waals surface area contributed by atoms with Crippen molar-refractivity contribution < 1.29 is 4.74 Å². The van der Waals surface area contributed by atoms with Crippen LogP contribution in [0.5, 0.6) is 0 Å². The molecule has 0 aromatic carbocycles. The fourth-order valence-electron chi connectivity index (χ4n) is 2.59. The largest absolute Gasteiger partial charge is 0.377 e. The van der Waals surface area contributed by atoms with Crippen molar-refractivity contribution in [3.8, 4) is 0 Å². The SMILES string of the molecule is CC1OCCC1SC1CCCCCC1N. The van der Waals surface area contributed by atoms with Crippen LogP contribution in [0.1, 0.15) is 45.4 Å². The maximum atomic E-state index is 6.24. The highest BCUT2D eigenvalue weighted by Gasteiger charge is 2.30. The first-order valence-electron chi connectivity index (χ1n) is 6.30. The molecule has 2 N–H and O–H groups in total. The average Bonchev–Trinajstić information content (AvgIpc) is 2.50. The van der Waals surface area contributed by atoms with Crippen LogP contribution >= 0.6 is 11.8 Å². The Labute approximate surface area is 97.3 Å². The molecule has 1 saturated heterocycles. The van der Waals surface area contributed by atoms with Gasteiger partial charge in [0.05, 0.1) is 6.10 Å². The molecule has 2 fully saturated rings. The van der Waals surface area contributed by atoms with Gasteiger partial charge in [0.1, 0.15) is 0 Å². The average molecular weight is 229 g/mol. The molecule has 88 valence electrons. The number of ether oxygens (including phenoxy) is 1. The molecule has 0 bridgehead atoms. The Balaban J connectivity index is 1.85. The Morgan fingerprint density at radius 2 is 1.87 bits per heavy atom. The highest BCUT2D eigenvalue weighted by atomic mass is 32.2. The minimum atomic E-state index is 0.422. The van der Waals surface area contributed by atoms with Gasteiger partial charge >= 0.3 is 0 Å². The zero-order valence-electron chi connectivity index (χ0n) is 9.65. The molecule has 15 heavy (non-hydrogen) atoms. The summed E-state index contributed by atoms with van der Waals surface area (Å²) in [5.74, 6) is 0. The smallest absolute Gasteiger partial charge is 0.0666 e. The van der Waals surface area contributed by atoms with E-state index in [0.717, 1.165) is 6.61 Å². The second kappa shape index (κ2) is 5.55. The third-order valence-corrected chi connectivity index (χ3v) is 5.56. The summed E-state index contributed by atoms with van der Waals surface area (Å²) in [6.07, 6.45) is 8.26. The van der Waals surface area contributed by atoms with Gasteiger partial charge in [-0.3, -0.25) is 0 Å². The molecule has 0 aromatic rings. The van der Waals surface area contributed by atoms with Crippen LogP contribution in [0, 0.1) is 0 Å². The summed E-state index contributed by atoms with van der Waals surface area (Å²) in [4.78, 5) is 0. The molecule has 2 nitrogen and oxygen atoms in total. The van der Waals surface area contributed by atoms with Crippen LogP contribution < -0.4 is 5.73 Å². The van der Waals surface area contributed by atoms with E-state index in [-0.39, 0.29) is 0 Å². The van der Waals surface area contributed by atoms with Gasteiger partial charge in [-0.1, -0.05) is 19.3 Å². The van der Waals surface area contributed by atoms with E-state index >= 15 is 0 Å². The van der Waals surface area contributed by atoms with Gasteiger partial charge < -0.3 is 10.5 Å². The molecule has 0 radical (unpaired) electrons. The second-order valence-electron chi connectivity index (χ2n) is 4.88. The highest BCUT2D eigenvalue weighted by molar-refractivity contribution is 8.00. The van der Waals surface area contributed by atoms with Crippen LogP contribution in [0.3, 0.4) is 0 Å². The van der Waals surface area contributed by atoms with Crippen LogP contribution in [0.4, 0.5) is 0 Å². The fourth-order valence-corrected chi connectivity index (χ4v) is 4.21. The molecule has 1 aliphatic heterocycles. The van der Waals surface area contributed by atoms with Crippen LogP contribution in [0.25, 0.3) is 0 Å². The van der Waals surface area contributed by atoms with Crippen molar-refractivity contribution in [2.45, 2.75) is 68.1 Å². The lowest BCUT2D eigenvalue weighted by atomic mass is 10.1. The minimum absolute atomic E-state index is 0.422. The van der Waals surface area contributed by atoms with Crippen LogP contribution in [-0.2, 0) is 4.74 Å². The Bertz CT molecular complexity index is 200. The standard InChI is InChI=1S/C12H23NOS/c1-9-11(7-8-14-9)15-12-6-4-2-3-5-10(12)13/h9-12H,2-8,13H2,1H3. The van der Waals surface area contributed by atoms with Crippen LogP contribution in [0.15, 0.2) is 0 Å². The number of thioether (sulfide) groups is 1. The summed E-state index contributed by atoms with van der Waals surface area (Å²) in [5.41, 5.74) is 6.24. The molecule has 4 unspecified atom stereocenters. The molecular weight excluding hydrogens is 206 g/mol. The van der Waals surface area contributed by atoms with Crippen molar-refractivity contribution in [1.82, 2.24) is 0 Å². The molecule has 2 aliphatic rings. The number of hydrogen-bond acceptors (Lipinski definition) is 3. The van der Waals surface area contributed by atoms with Gasteiger partial charge in [0.2, 0.25) is 0 Å². The van der Waals surface area contributed by atoms with Gasteiger partial charge in [0.15, 0.2) is 0 Å². The Hall–Kier alpha value is 0.270. The molecule has 0 spiro atoms. The van der Waals surface area contributed by atoms with Crippen LogP contribution in [-0.4, -0.2) is 29.3 Å². The first-order chi connectivity index (χ1) is 7.27. The first kappa shape index (κ1) is 11.7. The molecule has 1 saturated carbocycles. The van der Waals surface area contributed by atoms with Crippen LogP contribution in [0.2, 0.25) is 0 Å². The van der Waals surface area contributed by atoms with Gasteiger partial charge in [-0.25, -0.2) is 0 Å². The zero-order valence-corrected chi connectivity index (χ0v) is 10.5. The van der Waals surface area contributed by atoms with Crippen molar-refractivity contribution in [3.05, 3.63) is 0 Å². The van der Waals surface area contributed by atoms with E-state index in [1.165, 1.54) is 38.5 Å². The van der Waals surface area contributed by atoms with Gasteiger partial charge in [0.25, 0.3) is 0 Å². The zero-order chi connectivity index (χ0) is 10.7. The van der Waals surface area contributed by atoms with E-state index in [9.17, 15) is 0 Å². The summed E-state index contributed by atoms with van der Waals surface area (Å²) in [6, 6.07) is 0.422. The minimum Gasteiger partial charge on any atom is -0.377 e. The second-order valence-corrected chi connectivity index (χ2v) is 6.36. The quantitative estimate of drug-likeness (QED) is 0.739. The molecule has 2 rings (SSSR count). The van der Waals surface area contributed by atoms with Gasteiger partial charge in [-0.2, -0.15) is 11.8 Å². The number of hydrogen-bond donors (Lipinski definition) is 1. The lowest BCUT2D eigenvalue weighted by Crippen LogP contribution is -2.33. The van der Waals surface area contributed by atoms with E-state index in [4.69, 9.17) is 10.5 Å². The summed E-state index contributed by atoms with van der Waals surface area (Å²) in [5, 5.41) is 1.38. The maximum Gasteiger partial charge on any atom is 0.0666 e.